The van der Waals surface area contributed by atoms with E-state index in [9.17, 15) is 18.8 Å². The molecule has 1 aromatic rings. The van der Waals surface area contributed by atoms with Crippen LogP contribution in [0.2, 0.25) is 0 Å². The molecule has 0 aromatic heterocycles. The minimum atomic E-state index is -0.637. The highest BCUT2D eigenvalue weighted by Gasteiger charge is 2.35. The second kappa shape index (κ2) is 6.96. The first-order valence-corrected chi connectivity index (χ1v) is 7.76. The van der Waals surface area contributed by atoms with Gasteiger partial charge in [-0.2, -0.15) is 0 Å². The quantitative estimate of drug-likeness (QED) is 0.880. The van der Waals surface area contributed by atoms with Gasteiger partial charge in [0.05, 0.1) is 25.7 Å². The molecule has 1 atom stereocenters. The number of nitrogens with zero attached hydrogens (tertiary/aromatic N) is 2. The zero-order chi connectivity index (χ0) is 17.1. The summed E-state index contributed by atoms with van der Waals surface area (Å²) in [5, 5.41) is 2.65. The maximum atomic E-state index is 13.3. The number of rotatable bonds is 3. The topological polar surface area (TPSA) is 79.0 Å². The van der Waals surface area contributed by atoms with E-state index in [1.807, 2.05) is 0 Å². The minimum absolute atomic E-state index is 0.00835. The Morgan fingerprint density at radius 3 is 2.71 bits per heavy atom. The summed E-state index contributed by atoms with van der Waals surface area (Å²) in [6, 6.07) is 4.53. The molecule has 2 heterocycles. The molecule has 2 aliphatic rings. The van der Waals surface area contributed by atoms with Gasteiger partial charge in [-0.1, -0.05) is 12.1 Å². The van der Waals surface area contributed by atoms with Crippen molar-refractivity contribution in [3.63, 3.8) is 0 Å². The Balaban J connectivity index is 1.64. The maximum Gasteiger partial charge on any atom is 0.325 e. The molecule has 2 fully saturated rings. The number of amides is 4. The SMILES string of the molecule is O=C(CN1C(=O)CC(c2cccc(F)c2)NC1=O)N1CCOCC1. The summed E-state index contributed by atoms with van der Waals surface area (Å²) < 4.78 is 18.5. The lowest BCUT2D eigenvalue weighted by Gasteiger charge is -2.33. The van der Waals surface area contributed by atoms with Gasteiger partial charge in [0.25, 0.3) is 0 Å². The van der Waals surface area contributed by atoms with Gasteiger partial charge in [-0.3, -0.25) is 14.5 Å². The number of imide groups is 1. The van der Waals surface area contributed by atoms with Crippen molar-refractivity contribution in [1.29, 1.82) is 0 Å². The van der Waals surface area contributed by atoms with Crippen LogP contribution >= 0.6 is 0 Å². The first-order valence-electron chi connectivity index (χ1n) is 7.76. The Bertz CT molecular complexity index is 642. The van der Waals surface area contributed by atoms with Crippen LogP contribution in [0.4, 0.5) is 9.18 Å². The molecular weight excluding hydrogens is 317 g/mol. The van der Waals surface area contributed by atoms with Gasteiger partial charge in [-0.05, 0) is 17.7 Å². The number of ether oxygens (including phenoxy) is 1. The fourth-order valence-electron chi connectivity index (χ4n) is 2.81. The van der Waals surface area contributed by atoms with Crippen molar-refractivity contribution in [2.45, 2.75) is 12.5 Å². The molecule has 2 aliphatic heterocycles. The van der Waals surface area contributed by atoms with E-state index in [4.69, 9.17) is 4.74 Å². The van der Waals surface area contributed by atoms with Gasteiger partial charge < -0.3 is 15.0 Å². The van der Waals surface area contributed by atoms with E-state index in [-0.39, 0.29) is 18.9 Å². The van der Waals surface area contributed by atoms with E-state index >= 15 is 0 Å². The molecule has 1 unspecified atom stereocenters. The van der Waals surface area contributed by atoms with Crippen LogP contribution in [0.1, 0.15) is 18.0 Å². The molecule has 8 heteroatoms. The third kappa shape index (κ3) is 3.53. The number of benzene rings is 1. The molecule has 24 heavy (non-hydrogen) atoms. The second-order valence-corrected chi connectivity index (χ2v) is 5.73. The van der Waals surface area contributed by atoms with Gasteiger partial charge in [0.2, 0.25) is 11.8 Å². The highest BCUT2D eigenvalue weighted by molar-refractivity contribution is 6.00. The second-order valence-electron chi connectivity index (χ2n) is 5.73. The van der Waals surface area contributed by atoms with Crippen LogP contribution in [-0.2, 0) is 14.3 Å². The van der Waals surface area contributed by atoms with Crippen LogP contribution < -0.4 is 5.32 Å². The van der Waals surface area contributed by atoms with Gasteiger partial charge >= 0.3 is 6.03 Å². The Labute approximate surface area is 138 Å². The molecule has 0 spiro atoms. The summed E-state index contributed by atoms with van der Waals surface area (Å²) in [6.07, 6.45) is -0.00835. The summed E-state index contributed by atoms with van der Waals surface area (Å²) in [6.45, 7) is 1.52. The lowest BCUT2D eigenvalue weighted by atomic mass is 10.0. The highest BCUT2D eigenvalue weighted by atomic mass is 19.1. The zero-order valence-corrected chi connectivity index (χ0v) is 13.0. The van der Waals surface area contributed by atoms with Gasteiger partial charge in [-0.15, -0.1) is 0 Å². The molecular formula is C16H18FN3O4. The average Bonchev–Trinajstić information content (AvgIpc) is 2.58. The van der Waals surface area contributed by atoms with Crippen molar-refractivity contribution in [2.24, 2.45) is 0 Å². The fraction of sp³-hybridized carbons (Fsp3) is 0.438. The smallest absolute Gasteiger partial charge is 0.325 e. The number of halogens is 1. The van der Waals surface area contributed by atoms with Gasteiger partial charge in [-0.25, -0.2) is 9.18 Å². The van der Waals surface area contributed by atoms with Crippen LogP contribution in [0, 0.1) is 5.82 Å². The minimum Gasteiger partial charge on any atom is -0.378 e. The number of urea groups is 1. The molecule has 0 bridgehead atoms. The number of hydrogen-bond acceptors (Lipinski definition) is 4. The first-order chi connectivity index (χ1) is 11.5. The van der Waals surface area contributed by atoms with Gasteiger partial charge in [0.1, 0.15) is 12.4 Å². The van der Waals surface area contributed by atoms with E-state index < -0.39 is 23.8 Å². The number of hydrogen-bond donors (Lipinski definition) is 1. The normalized spacial score (nSPS) is 21.6. The molecule has 128 valence electrons. The summed E-state index contributed by atoms with van der Waals surface area (Å²) in [5.74, 6) is -1.17. The lowest BCUT2D eigenvalue weighted by molar-refractivity contribution is -0.141. The van der Waals surface area contributed by atoms with Crippen LogP contribution in [0.15, 0.2) is 24.3 Å². The van der Waals surface area contributed by atoms with E-state index in [0.29, 0.717) is 31.9 Å². The van der Waals surface area contributed by atoms with E-state index in [1.165, 1.54) is 18.2 Å². The Morgan fingerprint density at radius 2 is 2.04 bits per heavy atom. The zero-order valence-electron chi connectivity index (χ0n) is 13.0. The third-order valence-electron chi connectivity index (χ3n) is 4.13. The monoisotopic (exact) mass is 335 g/mol. The third-order valence-corrected chi connectivity index (χ3v) is 4.13. The summed E-state index contributed by atoms with van der Waals surface area (Å²) in [5.41, 5.74) is 0.524. The largest absolute Gasteiger partial charge is 0.378 e. The summed E-state index contributed by atoms with van der Waals surface area (Å²) in [4.78, 5) is 39.1. The molecule has 3 rings (SSSR count). The van der Waals surface area contributed by atoms with Crippen molar-refractivity contribution >= 4 is 17.8 Å². The molecule has 7 nitrogen and oxygen atoms in total. The Hall–Kier alpha value is -2.48. The Kier molecular flexibility index (Phi) is 4.75. The molecule has 1 N–H and O–H groups in total. The standard InChI is InChI=1S/C16H18FN3O4/c17-12-3-1-2-11(8-12)13-9-14(21)20(16(23)18-13)10-15(22)19-4-6-24-7-5-19/h1-3,8,13H,4-7,9-10H2,(H,18,23). The first kappa shape index (κ1) is 16.4. The maximum absolute atomic E-state index is 13.3. The molecule has 1 aromatic carbocycles. The Morgan fingerprint density at radius 1 is 1.29 bits per heavy atom. The molecule has 0 saturated carbocycles. The predicted octanol–water partition coefficient (Wildman–Crippen LogP) is 0.667. The number of morpholine rings is 1. The van der Waals surface area contributed by atoms with Crippen molar-refractivity contribution < 1.29 is 23.5 Å². The van der Waals surface area contributed by atoms with Crippen LogP contribution in [0.3, 0.4) is 0 Å². The summed E-state index contributed by atoms with van der Waals surface area (Å²) in [7, 11) is 0. The predicted molar refractivity (Wildman–Crippen MR) is 81.4 cm³/mol. The number of carbonyl (C=O) groups excluding carboxylic acids is 3. The molecule has 2 saturated heterocycles. The number of nitrogens with one attached hydrogen (secondary N) is 1. The summed E-state index contributed by atoms with van der Waals surface area (Å²) >= 11 is 0. The van der Waals surface area contributed by atoms with E-state index in [0.717, 1.165) is 4.90 Å². The van der Waals surface area contributed by atoms with Crippen molar-refractivity contribution in [3.8, 4) is 0 Å². The highest BCUT2D eigenvalue weighted by Crippen LogP contribution is 2.23. The molecule has 0 aliphatic carbocycles. The molecule has 4 amide bonds. The van der Waals surface area contributed by atoms with Crippen LogP contribution in [-0.4, -0.2) is 60.5 Å². The fourth-order valence-corrected chi connectivity index (χ4v) is 2.81. The average molecular weight is 335 g/mol. The lowest BCUT2D eigenvalue weighted by Crippen LogP contribution is -2.55. The molecule has 0 radical (unpaired) electrons. The van der Waals surface area contributed by atoms with Crippen molar-refractivity contribution in [1.82, 2.24) is 15.1 Å². The van der Waals surface area contributed by atoms with Crippen LogP contribution in [0.5, 0.6) is 0 Å². The van der Waals surface area contributed by atoms with E-state index in [1.54, 1.807) is 11.0 Å². The van der Waals surface area contributed by atoms with Gasteiger partial charge in [0.15, 0.2) is 0 Å². The number of carbonyl (C=O) groups is 3. The van der Waals surface area contributed by atoms with E-state index in [2.05, 4.69) is 5.32 Å². The van der Waals surface area contributed by atoms with Crippen molar-refractivity contribution in [2.75, 3.05) is 32.8 Å². The van der Waals surface area contributed by atoms with Crippen molar-refractivity contribution in [3.05, 3.63) is 35.6 Å². The van der Waals surface area contributed by atoms with Gasteiger partial charge in [0, 0.05) is 13.1 Å². The van der Waals surface area contributed by atoms with Crippen LogP contribution in [0.25, 0.3) is 0 Å².